The maximum Gasteiger partial charge on any atom is 0.122 e. The number of halogens is 1. The third-order valence-corrected chi connectivity index (χ3v) is 4.47. The number of aryl methyl sites for hydroxylation is 2. The Morgan fingerprint density at radius 2 is 1.75 bits per heavy atom. The van der Waals surface area contributed by atoms with Crippen LogP contribution in [-0.4, -0.2) is 13.2 Å². The first kappa shape index (κ1) is 18.7. The summed E-state index contributed by atoms with van der Waals surface area (Å²) in [6, 6.07) is 14.2. The molecular weight excluding hydrogens is 318 g/mol. The molecule has 0 radical (unpaired) electrons. The van der Waals surface area contributed by atoms with E-state index in [1.54, 1.807) is 0 Å². The largest absolute Gasteiger partial charge is 0.493 e. The van der Waals surface area contributed by atoms with E-state index in [1.165, 1.54) is 11.1 Å². The zero-order valence-corrected chi connectivity index (χ0v) is 15.9. The van der Waals surface area contributed by atoms with E-state index in [4.69, 9.17) is 16.3 Å². The van der Waals surface area contributed by atoms with E-state index in [1.807, 2.05) is 24.3 Å². The number of ether oxygens (including phenoxy) is 1. The Morgan fingerprint density at radius 3 is 2.46 bits per heavy atom. The van der Waals surface area contributed by atoms with Gasteiger partial charge in [-0.2, -0.15) is 0 Å². The third-order valence-electron chi connectivity index (χ3n) is 4.21. The first-order valence-corrected chi connectivity index (χ1v) is 8.93. The molecule has 0 aliphatic heterocycles. The van der Waals surface area contributed by atoms with E-state index in [9.17, 15) is 0 Å². The van der Waals surface area contributed by atoms with Crippen LogP contribution >= 0.6 is 11.6 Å². The molecule has 2 aromatic rings. The molecule has 0 unspecified atom stereocenters. The monoisotopic (exact) mass is 345 g/mol. The second-order valence-electron chi connectivity index (χ2n) is 7.25. The summed E-state index contributed by atoms with van der Waals surface area (Å²) in [5.41, 5.74) is 3.76. The van der Waals surface area contributed by atoms with Crippen LogP contribution in [0.4, 0.5) is 5.69 Å². The zero-order chi connectivity index (χ0) is 17.6. The highest BCUT2D eigenvalue weighted by Gasteiger charge is 2.17. The Labute approximate surface area is 151 Å². The number of rotatable bonds is 8. The lowest BCUT2D eigenvalue weighted by atomic mass is 9.88. The predicted molar refractivity (Wildman–Crippen MR) is 104 cm³/mol. The van der Waals surface area contributed by atoms with Crippen molar-refractivity contribution in [2.45, 2.75) is 40.5 Å². The van der Waals surface area contributed by atoms with Gasteiger partial charge >= 0.3 is 0 Å². The number of hydrogen-bond acceptors (Lipinski definition) is 2. The average Bonchev–Trinajstić information content (AvgIpc) is 2.54. The molecule has 2 nitrogen and oxygen atoms in total. The molecule has 2 aromatic carbocycles. The highest BCUT2D eigenvalue weighted by molar-refractivity contribution is 6.30. The third kappa shape index (κ3) is 6.09. The molecule has 3 heteroatoms. The fraction of sp³-hybridized carbons (Fsp3) is 0.429. The molecule has 2 rings (SSSR count). The molecule has 0 heterocycles. The second-order valence-corrected chi connectivity index (χ2v) is 7.68. The first-order valence-electron chi connectivity index (χ1n) is 8.55. The number of anilines is 1. The summed E-state index contributed by atoms with van der Waals surface area (Å²) in [6.07, 6.45) is 2.15. The van der Waals surface area contributed by atoms with Crippen molar-refractivity contribution in [3.63, 3.8) is 0 Å². The molecule has 24 heavy (non-hydrogen) atoms. The fourth-order valence-corrected chi connectivity index (χ4v) is 2.72. The van der Waals surface area contributed by atoms with Crippen molar-refractivity contribution in [3.8, 4) is 5.75 Å². The number of benzene rings is 2. The number of hydrogen-bond donors (Lipinski definition) is 1. The van der Waals surface area contributed by atoms with Crippen molar-refractivity contribution >= 4 is 17.3 Å². The Bertz CT molecular complexity index is 649. The van der Waals surface area contributed by atoms with Crippen LogP contribution in [0.3, 0.4) is 0 Å². The maximum atomic E-state index is 5.95. The lowest BCUT2D eigenvalue weighted by Gasteiger charge is -2.25. The molecule has 130 valence electrons. The van der Waals surface area contributed by atoms with Crippen LogP contribution in [0.1, 0.15) is 37.8 Å². The summed E-state index contributed by atoms with van der Waals surface area (Å²) in [7, 11) is 0. The highest BCUT2D eigenvalue weighted by atomic mass is 35.5. The molecule has 0 bridgehead atoms. The molecule has 0 amide bonds. The van der Waals surface area contributed by atoms with Gasteiger partial charge < -0.3 is 10.1 Å². The second kappa shape index (κ2) is 8.43. The molecule has 1 N–H and O–H groups in total. The van der Waals surface area contributed by atoms with Gasteiger partial charge in [-0.3, -0.25) is 0 Å². The highest BCUT2D eigenvalue weighted by Crippen LogP contribution is 2.25. The van der Waals surface area contributed by atoms with Crippen LogP contribution in [0.25, 0.3) is 0 Å². The minimum absolute atomic E-state index is 0.213. The van der Waals surface area contributed by atoms with Crippen LogP contribution in [0.2, 0.25) is 5.02 Å². The van der Waals surface area contributed by atoms with Gasteiger partial charge in [0.2, 0.25) is 0 Å². The van der Waals surface area contributed by atoms with Gasteiger partial charge in [0.05, 0.1) is 6.61 Å². The molecule has 0 atom stereocenters. The molecule has 0 aliphatic rings. The van der Waals surface area contributed by atoms with E-state index >= 15 is 0 Å². The van der Waals surface area contributed by atoms with Gasteiger partial charge in [-0.1, -0.05) is 37.6 Å². The van der Waals surface area contributed by atoms with Gasteiger partial charge in [-0.05, 0) is 73.6 Å². The van der Waals surface area contributed by atoms with Gasteiger partial charge in [0.1, 0.15) is 5.75 Å². The van der Waals surface area contributed by atoms with Crippen molar-refractivity contribution in [2.24, 2.45) is 5.41 Å². The number of nitrogens with one attached hydrogen (secondary N) is 1. The van der Waals surface area contributed by atoms with E-state index in [-0.39, 0.29) is 5.41 Å². The van der Waals surface area contributed by atoms with Gasteiger partial charge in [0.25, 0.3) is 0 Å². The normalized spacial score (nSPS) is 11.4. The SMILES string of the molecule is Cc1ccc(C)c(OCCCC(C)(C)CNc2ccc(Cl)cc2)c1. The Morgan fingerprint density at radius 1 is 1.04 bits per heavy atom. The van der Waals surface area contributed by atoms with Crippen LogP contribution < -0.4 is 10.1 Å². The van der Waals surface area contributed by atoms with E-state index in [0.717, 1.165) is 42.5 Å². The van der Waals surface area contributed by atoms with Crippen LogP contribution in [0.5, 0.6) is 5.75 Å². The average molecular weight is 346 g/mol. The van der Waals surface area contributed by atoms with Gasteiger partial charge in [0, 0.05) is 17.3 Å². The summed E-state index contributed by atoms with van der Waals surface area (Å²) in [4.78, 5) is 0. The quantitative estimate of drug-likeness (QED) is 0.570. The van der Waals surface area contributed by atoms with Crippen LogP contribution in [0.15, 0.2) is 42.5 Å². The molecule has 0 aromatic heterocycles. The molecule has 0 fully saturated rings. The summed E-state index contributed by atoms with van der Waals surface area (Å²) in [6.45, 7) is 10.4. The summed E-state index contributed by atoms with van der Waals surface area (Å²) in [5.74, 6) is 1.01. The van der Waals surface area contributed by atoms with Crippen LogP contribution in [-0.2, 0) is 0 Å². The standard InChI is InChI=1S/C21H28ClNO/c1-16-6-7-17(2)20(14-16)24-13-5-12-21(3,4)15-23-19-10-8-18(22)9-11-19/h6-11,14,23H,5,12-13,15H2,1-4H3. The maximum absolute atomic E-state index is 5.95. The smallest absolute Gasteiger partial charge is 0.122 e. The van der Waals surface area contributed by atoms with Crippen molar-refractivity contribution in [3.05, 3.63) is 58.6 Å². The fourth-order valence-electron chi connectivity index (χ4n) is 2.59. The van der Waals surface area contributed by atoms with E-state index in [2.05, 4.69) is 51.2 Å². The molecule has 0 spiro atoms. The molecule has 0 aliphatic carbocycles. The van der Waals surface area contributed by atoms with Gasteiger partial charge in [-0.25, -0.2) is 0 Å². The first-order chi connectivity index (χ1) is 11.4. The van der Waals surface area contributed by atoms with E-state index in [0.29, 0.717) is 0 Å². The van der Waals surface area contributed by atoms with Crippen molar-refractivity contribution < 1.29 is 4.74 Å². The molecular formula is C21H28ClNO. The Kier molecular flexibility index (Phi) is 6.56. The lowest BCUT2D eigenvalue weighted by Crippen LogP contribution is -2.23. The topological polar surface area (TPSA) is 21.3 Å². The Hall–Kier alpha value is -1.67. The van der Waals surface area contributed by atoms with E-state index < -0.39 is 0 Å². The minimum Gasteiger partial charge on any atom is -0.493 e. The van der Waals surface area contributed by atoms with Gasteiger partial charge in [0.15, 0.2) is 0 Å². The Balaban J connectivity index is 1.74. The predicted octanol–water partition coefficient (Wildman–Crippen LogP) is 6.25. The summed E-state index contributed by atoms with van der Waals surface area (Å²) >= 11 is 5.92. The van der Waals surface area contributed by atoms with Crippen molar-refractivity contribution in [2.75, 3.05) is 18.5 Å². The van der Waals surface area contributed by atoms with Crippen molar-refractivity contribution in [1.29, 1.82) is 0 Å². The zero-order valence-electron chi connectivity index (χ0n) is 15.2. The molecule has 0 saturated carbocycles. The lowest BCUT2D eigenvalue weighted by molar-refractivity contribution is 0.263. The van der Waals surface area contributed by atoms with Gasteiger partial charge in [-0.15, -0.1) is 0 Å². The van der Waals surface area contributed by atoms with Crippen LogP contribution in [0, 0.1) is 19.3 Å². The molecule has 0 saturated heterocycles. The minimum atomic E-state index is 0.213. The van der Waals surface area contributed by atoms with Crippen molar-refractivity contribution in [1.82, 2.24) is 0 Å². The summed E-state index contributed by atoms with van der Waals surface area (Å²) in [5, 5.41) is 4.25. The summed E-state index contributed by atoms with van der Waals surface area (Å²) < 4.78 is 5.95.